The number of aromatic nitrogens is 1. The number of benzene rings is 2. The molecule has 0 N–H and O–H groups in total. The summed E-state index contributed by atoms with van der Waals surface area (Å²) in [6, 6.07) is 18.5. The third kappa shape index (κ3) is 3.40. The maximum atomic E-state index is 5.91. The molecule has 2 heterocycles. The molecule has 3 aromatic rings. The van der Waals surface area contributed by atoms with E-state index >= 15 is 0 Å². The quantitative estimate of drug-likeness (QED) is 0.715. The van der Waals surface area contributed by atoms with Crippen LogP contribution in [0.1, 0.15) is 16.8 Å². The van der Waals surface area contributed by atoms with Crippen LogP contribution in [0.15, 0.2) is 65.3 Å². The van der Waals surface area contributed by atoms with Crippen molar-refractivity contribution in [3.8, 4) is 11.5 Å². The molecule has 122 valence electrons. The summed E-state index contributed by atoms with van der Waals surface area (Å²) in [6.07, 6.45) is 3.50. The average molecular weight is 320 g/mol. The molecule has 1 aliphatic heterocycles. The van der Waals surface area contributed by atoms with Crippen LogP contribution >= 0.6 is 0 Å². The Bertz CT molecular complexity index is 798. The van der Waals surface area contributed by atoms with Gasteiger partial charge in [-0.2, -0.15) is 5.06 Å². The van der Waals surface area contributed by atoms with Crippen LogP contribution in [-0.4, -0.2) is 23.2 Å². The zero-order chi connectivity index (χ0) is 16.2. The fraction of sp³-hybridized carbons (Fsp3) is 0.250. The molecule has 0 saturated carbocycles. The summed E-state index contributed by atoms with van der Waals surface area (Å²) in [5.41, 5.74) is 4.71. The van der Waals surface area contributed by atoms with E-state index in [2.05, 4.69) is 29.2 Å². The first-order chi connectivity index (χ1) is 11.9. The minimum absolute atomic E-state index is 0.614. The monoisotopic (exact) mass is 320 g/mol. The van der Waals surface area contributed by atoms with Crippen molar-refractivity contribution in [3.63, 3.8) is 0 Å². The van der Waals surface area contributed by atoms with E-state index < -0.39 is 0 Å². The van der Waals surface area contributed by atoms with Gasteiger partial charge in [0, 0.05) is 25.1 Å². The van der Waals surface area contributed by atoms with Gasteiger partial charge in [-0.1, -0.05) is 42.5 Å². The Balaban J connectivity index is 1.30. The van der Waals surface area contributed by atoms with Crippen LogP contribution in [0.25, 0.3) is 11.5 Å². The van der Waals surface area contributed by atoms with Crippen LogP contribution in [0.4, 0.5) is 0 Å². The standard InChI is InChI=1S/C20H20N2O2/c1-2-7-17(8-3-1)20-21-19(15-23-20)11-13-24-22-12-10-16-6-4-5-9-18(16)14-22/h1-9,15H,10-14H2. The summed E-state index contributed by atoms with van der Waals surface area (Å²) in [5, 5.41) is 2.04. The van der Waals surface area contributed by atoms with Gasteiger partial charge in [-0.15, -0.1) is 0 Å². The van der Waals surface area contributed by atoms with Gasteiger partial charge in [0.1, 0.15) is 6.26 Å². The van der Waals surface area contributed by atoms with E-state index in [0.29, 0.717) is 12.5 Å². The smallest absolute Gasteiger partial charge is 0.226 e. The summed E-state index contributed by atoms with van der Waals surface area (Å²) in [7, 11) is 0. The predicted octanol–water partition coefficient (Wildman–Crippen LogP) is 3.87. The van der Waals surface area contributed by atoms with E-state index in [1.165, 1.54) is 11.1 Å². The van der Waals surface area contributed by atoms with Crippen LogP contribution in [0.5, 0.6) is 0 Å². The molecule has 1 aromatic heterocycles. The maximum Gasteiger partial charge on any atom is 0.226 e. The zero-order valence-electron chi connectivity index (χ0n) is 13.5. The van der Waals surface area contributed by atoms with E-state index in [0.717, 1.165) is 37.2 Å². The van der Waals surface area contributed by atoms with Gasteiger partial charge >= 0.3 is 0 Å². The van der Waals surface area contributed by atoms with Gasteiger partial charge in [0.2, 0.25) is 5.89 Å². The summed E-state index contributed by atoms with van der Waals surface area (Å²) < 4.78 is 5.56. The Kier molecular flexibility index (Phi) is 4.40. The molecule has 0 unspecified atom stereocenters. The van der Waals surface area contributed by atoms with Crippen LogP contribution in [-0.2, 0) is 24.2 Å². The second-order valence-electron chi connectivity index (χ2n) is 5.98. The van der Waals surface area contributed by atoms with E-state index in [4.69, 9.17) is 9.25 Å². The molecule has 0 radical (unpaired) electrons. The van der Waals surface area contributed by atoms with Crippen LogP contribution < -0.4 is 0 Å². The molecule has 2 aromatic carbocycles. The van der Waals surface area contributed by atoms with Crippen molar-refractivity contribution in [2.75, 3.05) is 13.2 Å². The lowest BCUT2D eigenvalue weighted by Gasteiger charge is -2.27. The van der Waals surface area contributed by atoms with Gasteiger partial charge in [0.15, 0.2) is 0 Å². The van der Waals surface area contributed by atoms with Gasteiger partial charge in [0.25, 0.3) is 0 Å². The molecule has 4 heteroatoms. The molecule has 4 nitrogen and oxygen atoms in total. The molecule has 0 aliphatic carbocycles. The third-order valence-electron chi connectivity index (χ3n) is 4.30. The highest BCUT2D eigenvalue weighted by Crippen LogP contribution is 2.20. The summed E-state index contributed by atoms with van der Waals surface area (Å²) >= 11 is 0. The lowest BCUT2D eigenvalue weighted by Crippen LogP contribution is -2.31. The molecule has 0 saturated heterocycles. The fourth-order valence-corrected chi connectivity index (χ4v) is 2.99. The van der Waals surface area contributed by atoms with Crippen LogP contribution in [0, 0.1) is 0 Å². The van der Waals surface area contributed by atoms with Crippen molar-refractivity contribution >= 4 is 0 Å². The summed E-state index contributed by atoms with van der Waals surface area (Å²) in [4.78, 5) is 10.4. The number of fused-ring (bicyclic) bond motifs is 1. The SMILES string of the molecule is c1ccc(-c2nc(CCON3CCc4ccccc4C3)co2)cc1. The second-order valence-corrected chi connectivity index (χ2v) is 5.98. The van der Waals surface area contributed by atoms with Crippen molar-refractivity contribution in [1.82, 2.24) is 10.0 Å². The van der Waals surface area contributed by atoms with E-state index in [1.807, 2.05) is 35.4 Å². The zero-order valence-corrected chi connectivity index (χ0v) is 13.5. The number of hydrogen-bond donors (Lipinski definition) is 0. The normalized spacial score (nSPS) is 14.5. The Morgan fingerprint density at radius 1 is 1.00 bits per heavy atom. The highest BCUT2D eigenvalue weighted by Gasteiger charge is 2.16. The molecular weight excluding hydrogens is 300 g/mol. The molecule has 24 heavy (non-hydrogen) atoms. The minimum Gasteiger partial charge on any atom is -0.444 e. The fourth-order valence-electron chi connectivity index (χ4n) is 2.99. The Hall–Kier alpha value is -2.43. The van der Waals surface area contributed by atoms with Crippen molar-refractivity contribution in [3.05, 3.63) is 77.7 Å². The highest BCUT2D eigenvalue weighted by atomic mass is 16.7. The first-order valence-electron chi connectivity index (χ1n) is 8.33. The maximum absolute atomic E-state index is 5.91. The van der Waals surface area contributed by atoms with Gasteiger partial charge in [-0.3, -0.25) is 4.84 Å². The predicted molar refractivity (Wildman–Crippen MR) is 92.2 cm³/mol. The van der Waals surface area contributed by atoms with Gasteiger partial charge in [-0.05, 0) is 29.7 Å². The average Bonchev–Trinajstić information content (AvgIpc) is 3.11. The number of nitrogens with zero attached hydrogens (tertiary/aromatic N) is 2. The molecule has 0 atom stereocenters. The first kappa shape index (κ1) is 15.1. The van der Waals surface area contributed by atoms with E-state index in [1.54, 1.807) is 6.26 Å². The highest BCUT2D eigenvalue weighted by molar-refractivity contribution is 5.52. The lowest BCUT2D eigenvalue weighted by atomic mass is 10.0. The topological polar surface area (TPSA) is 38.5 Å². The third-order valence-corrected chi connectivity index (χ3v) is 4.30. The van der Waals surface area contributed by atoms with Crippen LogP contribution in [0.3, 0.4) is 0 Å². The molecule has 1 aliphatic rings. The molecular formula is C20H20N2O2. The number of rotatable bonds is 5. The summed E-state index contributed by atoms with van der Waals surface area (Å²) in [5.74, 6) is 0.664. The van der Waals surface area contributed by atoms with Gasteiger partial charge < -0.3 is 4.42 Å². The molecule has 0 spiro atoms. The van der Waals surface area contributed by atoms with Crippen molar-refractivity contribution in [2.45, 2.75) is 19.4 Å². The molecule has 4 rings (SSSR count). The second kappa shape index (κ2) is 6.99. The number of hydrogen-bond acceptors (Lipinski definition) is 4. The van der Waals surface area contributed by atoms with Crippen molar-refractivity contribution in [2.24, 2.45) is 0 Å². The number of oxazole rings is 1. The first-order valence-corrected chi connectivity index (χ1v) is 8.33. The largest absolute Gasteiger partial charge is 0.444 e. The molecule has 0 amide bonds. The van der Waals surface area contributed by atoms with Crippen molar-refractivity contribution in [1.29, 1.82) is 0 Å². The Morgan fingerprint density at radius 3 is 2.67 bits per heavy atom. The Labute approximate surface area is 141 Å². The van der Waals surface area contributed by atoms with Crippen LogP contribution in [0.2, 0.25) is 0 Å². The minimum atomic E-state index is 0.614. The van der Waals surface area contributed by atoms with Gasteiger partial charge in [0.05, 0.1) is 12.3 Å². The van der Waals surface area contributed by atoms with Crippen molar-refractivity contribution < 1.29 is 9.25 Å². The Morgan fingerprint density at radius 2 is 1.79 bits per heavy atom. The van der Waals surface area contributed by atoms with E-state index in [9.17, 15) is 0 Å². The summed E-state index contributed by atoms with van der Waals surface area (Å²) in [6.45, 7) is 2.40. The van der Waals surface area contributed by atoms with Gasteiger partial charge in [-0.25, -0.2) is 4.98 Å². The lowest BCUT2D eigenvalue weighted by molar-refractivity contribution is -0.168. The molecule has 0 bridgehead atoms. The number of hydroxylamine groups is 2. The van der Waals surface area contributed by atoms with E-state index in [-0.39, 0.29) is 0 Å². The molecule has 0 fully saturated rings.